The number of benzene rings is 1. The number of nitrogens with zero attached hydrogens (tertiary/aromatic N) is 1. The lowest BCUT2D eigenvalue weighted by Crippen LogP contribution is -2.18. The topological polar surface area (TPSA) is 45.1 Å². The molecule has 18 heavy (non-hydrogen) atoms. The third kappa shape index (κ3) is 3.31. The summed E-state index contributed by atoms with van der Waals surface area (Å²) in [5.41, 5.74) is 3.13. The Balaban J connectivity index is 1.98. The molecular formula is C15H18N2O. The van der Waals surface area contributed by atoms with E-state index in [2.05, 4.69) is 17.2 Å². The van der Waals surface area contributed by atoms with E-state index in [9.17, 15) is 5.11 Å². The molecule has 1 heterocycles. The van der Waals surface area contributed by atoms with Crippen molar-refractivity contribution in [3.8, 4) is 5.75 Å². The van der Waals surface area contributed by atoms with E-state index < -0.39 is 0 Å². The highest BCUT2D eigenvalue weighted by molar-refractivity contribution is 5.29. The van der Waals surface area contributed by atoms with Gasteiger partial charge in [-0.1, -0.05) is 18.2 Å². The van der Waals surface area contributed by atoms with Crippen LogP contribution in [0.25, 0.3) is 0 Å². The molecule has 0 aliphatic carbocycles. The largest absolute Gasteiger partial charge is 0.508 e. The van der Waals surface area contributed by atoms with Crippen molar-refractivity contribution in [2.75, 3.05) is 0 Å². The SMILES string of the molecule is Cc1cccc(CNC(C)c2cccc(O)c2)n1. The molecule has 3 heteroatoms. The zero-order chi connectivity index (χ0) is 13.0. The molecule has 2 aromatic rings. The standard InChI is InChI=1S/C15H18N2O/c1-11-5-3-7-14(17-11)10-16-12(2)13-6-4-8-15(18)9-13/h3-9,12,16,18H,10H2,1-2H3. The van der Waals surface area contributed by atoms with Crippen molar-refractivity contribution in [1.82, 2.24) is 10.3 Å². The molecule has 0 radical (unpaired) electrons. The highest BCUT2D eigenvalue weighted by Crippen LogP contribution is 2.17. The molecule has 0 saturated carbocycles. The molecule has 0 saturated heterocycles. The van der Waals surface area contributed by atoms with Crippen LogP contribution in [0, 0.1) is 6.92 Å². The van der Waals surface area contributed by atoms with Crippen LogP contribution in [0.2, 0.25) is 0 Å². The maximum Gasteiger partial charge on any atom is 0.115 e. The third-order valence-electron chi connectivity index (χ3n) is 2.91. The number of pyridine rings is 1. The number of hydrogen-bond donors (Lipinski definition) is 2. The maximum absolute atomic E-state index is 9.44. The Labute approximate surface area is 108 Å². The lowest BCUT2D eigenvalue weighted by Gasteiger charge is -2.14. The van der Waals surface area contributed by atoms with Gasteiger partial charge in [-0.3, -0.25) is 4.98 Å². The normalized spacial score (nSPS) is 12.3. The molecule has 0 aliphatic rings. The highest BCUT2D eigenvalue weighted by Gasteiger charge is 2.05. The van der Waals surface area contributed by atoms with Gasteiger partial charge in [-0.05, 0) is 43.7 Å². The van der Waals surface area contributed by atoms with Gasteiger partial charge in [0.15, 0.2) is 0 Å². The monoisotopic (exact) mass is 242 g/mol. The quantitative estimate of drug-likeness (QED) is 0.866. The summed E-state index contributed by atoms with van der Waals surface area (Å²) in [4.78, 5) is 4.44. The number of phenolic OH excluding ortho intramolecular Hbond substituents is 1. The molecule has 3 nitrogen and oxygen atoms in total. The van der Waals surface area contributed by atoms with Crippen molar-refractivity contribution in [2.24, 2.45) is 0 Å². The van der Waals surface area contributed by atoms with Gasteiger partial charge in [0.05, 0.1) is 5.69 Å². The van der Waals surface area contributed by atoms with E-state index in [4.69, 9.17) is 0 Å². The minimum atomic E-state index is 0.180. The Kier molecular flexibility index (Phi) is 3.95. The van der Waals surface area contributed by atoms with Crippen molar-refractivity contribution < 1.29 is 5.11 Å². The van der Waals surface area contributed by atoms with E-state index in [1.807, 2.05) is 37.3 Å². The molecule has 1 aromatic carbocycles. The van der Waals surface area contributed by atoms with Crippen LogP contribution in [-0.4, -0.2) is 10.1 Å². The van der Waals surface area contributed by atoms with E-state index >= 15 is 0 Å². The number of nitrogens with one attached hydrogen (secondary N) is 1. The van der Waals surface area contributed by atoms with Crippen molar-refractivity contribution in [3.05, 3.63) is 59.4 Å². The molecule has 2 N–H and O–H groups in total. The summed E-state index contributed by atoms with van der Waals surface area (Å²) in [5.74, 6) is 0.301. The smallest absolute Gasteiger partial charge is 0.115 e. The minimum absolute atomic E-state index is 0.180. The molecule has 0 amide bonds. The van der Waals surface area contributed by atoms with Gasteiger partial charge in [0.2, 0.25) is 0 Å². The molecule has 0 aliphatic heterocycles. The van der Waals surface area contributed by atoms with Gasteiger partial charge in [-0.2, -0.15) is 0 Å². The van der Waals surface area contributed by atoms with Crippen molar-refractivity contribution in [3.63, 3.8) is 0 Å². The summed E-state index contributed by atoms with van der Waals surface area (Å²) < 4.78 is 0. The molecule has 0 spiro atoms. The zero-order valence-corrected chi connectivity index (χ0v) is 10.7. The fraction of sp³-hybridized carbons (Fsp3) is 0.267. The molecule has 2 rings (SSSR count). The summed E-state index contributed by atoms with van der Waals surface area (Å²) in [6, 6.07) is 13.5. The highest BCUT2D eigenvalue weighted by atomic mass is 16.3. The van der Waals surface area contributed by atoms with Crippen LogP contribution in [0.5, 0.6) is 5.75 Å². The second-order valence-corrected chi connectivity index (χ2v) is 4.47. The summed E-state index contributed by atoms with van der Waals surface area (Å²) >= 11 is 0. The van der Waals surface area contributed by atoms with E-state index in [0.717, 1.165) is 23.5 Å². The number of aromatic hydroxyl groups is 1. The summed E-state index contributed by atoms with van der Waals surface area (Å²) in [6.45, 7) is 4.78. The lowest BCUT2D eigenvalue weighted by molar-refractivity contribution is 0.472. The summed E-state index contributed by atoms with van der Waals surface area (Å²) in [6.07, 6.45) is 0. The van der Waals surface area contributed by atoms with Gasteiger partial charge < -0.3 is 10.4 Å². The molecule has 1 unspecified atom stereocenters. The van der Waals surface area contributed by atoms with Crippen LogP contribution in [-0.2, 0) is 6.54 Å². The van der Waals surface area contributed by atoms with Crippen LogP contribution in [0.1, 0.15) is 29.9 Å². The first-order valence-electron chi connectivity index (χ1n) is 6.10. The lowest BCUT2D eigenvalue weighted by atomic mass is 10.1. The molecule has 94 valence electrons. The van der Waals surface area contributed by atoms with Gasteiger partial charge in [-0.25, -0.2) is 0 Å². The number of phenols is 1. The van der Waals surface area contributed by atoms with E-state index in [1.54, 1.807) is 12.1 Å². The van der Waals surface area contributed by atoms with E-state index in [-0.39, 0.29) is 6.04 Å². The van der Waals surface area contributed by atoms with Crippen molar-refractivity contribution in [2.45, 2.75) is 26.4 Å². The first kappa shape index (κ1) is 12.6. The average molecular weight is 242 g/mol. The Morgan fingerprint density at radius 3 is 2.72 bits per heavy atom. The Morgan fingerprint density at radius 1 is 1.22 bits per heavy atom. The Bertz CT molecular complexity index is 525. The molecule has 1 aromatic heterocycles. The van der Waals surface area contributed by atoms with Gasteiger partial charge >= 0.3 is 0 Å². The first-order valence-corrected chi connectivity index (χ1v) is 6.10. The van der Waals surface area contributed by atoms with Crippen LogP contribution in [0.15, 0.2) is 42.5 Å². The fourth-order valence-electron chi connectivity index (χ4n) is 1.87. The Hall–Kier alpha value is -1.87. The second kappa shape index (κ2) is 5.65. The second-order valence-electron chi connectivity index (χ2n) is 4.47. The Morgan fingerprint density at radius 2 is 2.00 bits per heavy atom. The van der Waals surface area contributed by atoms with Crippen molar-refractivity contribution in [1.29, 1.82) is 0 Å². The van der Waals surface area contributed by atoms with Gasteiger partial charge in [0.25, 0.3) is 0 Å². The average Bonchev–Trinajstić information content (AvgIpc) is 2.36. The van der Waals surface area contributed by atoms with Crippen molar-refractivity contribution >= 4 is 0 Å². The summed E-state index contributed by atoms with van der Waals surface area (Å²) in [5, 5.41) is 12.8. The van der Waals surface area contributed by atoms with Crippen LogP contribution in [0.4, 0.5) is 0 Å². The first-order chi connectivity index (χ1) is 8.65. The predicted octanol–water partition coefficient (Wildman–Crippen LogP) is 2.95. The van der Waals surface area contributed by atoms with E-state index in [1.165, 1.54) is 0 Å². The van der Waals surface area contributed by atoms with Gasteiger partial charge in [0, 0.05) is 18.3 Å². The molecule has 0 bridgehead atoms. The fourth-order valence-corrected chi connectivity index (χ4v) is 1.87. The van der Waals surface area contributed by atoms with E-state index in [0.29, 0.717) is 5.75 Å². The summed E-state index contributed by atoms with van der Waals surface area (Å²) in [7, 11) is 0. The number of aromatic nitrogens is 1. The number of hydrogen-bond acceptors (Lipinski definition) is 3. The molecular weight excluding hydrogens is 224 g/mol. The maximum atomic E-state index is 9.44. The predicted molar refractivity (Wildman–Crippen MR) is 72.3 cm³/mol. The molecule has 0 fully saturated rings. The number of rotatable bonds is 4. The van der Waals surface area contributed by atoms with Crippen LogP contribution < -0.4 is 5.32 Å². The molecule has 1 atom stereocenters. The van der Waals surface area contributed by atoms with Gasteiger partial charge in [-0.15, -0.1) is 0 Å². The third-order valence-corrected chi connectivity index (χ3v) is 2.91. The van der Waals surface area contributed by atoms with Gasteiger partial charge in [0.1, 0.15) is 5.75 Å². The zero-order valence-electron chi connectivity index (χ0n) is 10.7. The van der Waals surface area contributed by atoms with Crippen LogP contribution in [0.3, 0.4) is 0 Å². The minimum Gasteiger partial charge on any atom is -0.508 e. The number of aryl methyl sites for hydroxylation is 1. The van der Waals surface area contributed by atoms with Crippen LogP contribution >= 0.6 is 0 Å².